The summed E-state index contributed by atoms with van der Waals surface area (Å²) >= 11 is 0. The number of hydrogen-bond acceptors (Lipinski definition) is 5. The molecule has 0 fully saturated rings. The smallest absolute Gasteiger partial charge is 0.0779 e. The van der Waals surface area contributed by atoms with E-state index in [9.17, 15) is 0 Å². The lowest BCUT2D eigenvalue weighted by atomic mass is 10.2. The molecule has 1 atom stereocenters. The van der Waals surface area contributed by atoms with E-state index in [-0.39, 0.29) is 6.04 Å². The standard InChI is InChI=1S/C10H17N3O2/c1-11-10(8-15-6-5-14-2)9-7-12-3-4-13-9/h3-4,7,10-11H,5-6,8H2,1-2H3. The highest BCUT2D eigenvalue weighted by Gasteiger charge is 2.10. The maximum absolute atomic E-state index is 5.43. The van der Waals surface area contributed by atoms with Gasteiger partial charge in [-0.2, -0.15) is 0 Å². The Labute approximate surface area is 89.8 Å². The Hall–Kier alpha value is -1.04. The molecular weight excluding hydrogens is 194 g/mol. The normalized spacial score (nSPS) is 12.7. The van der Waals surface area contributed by atoms with E-state index in [4.69, 9.17) is 9.47 Å². The average molecular weight is 211 g/mol. The third-order valence-electron chi connectivity index (χ3n) is 2.00. The van der Waals surface area contributed by atoms with E-state index >= 15 is 0 Å². The van der Waals surface area contributed by atoms with Crippen molar-refractivity contribution in [2.75, 3.05) is 34.0 Å². The highest BCUT2D eigenvalue weighted by atomic mass is 16.5. The van der Waals surface area contributed by atoms with Gasteiger partial charge in [-0.05, 0) is 7.05 Å². The van der Waals surface area contributed by atoms with Gasteiger partial charge in [0.15, 0.2) is 0 Å². The molecule has 1 N–H and O–H groups in total. The SMILES string of the molecule is CNC(COCCOC)c1cnccn1. The number of rotatable bonds is 7. The van der Waals surface area contributed by atoms with Gasteiger partial charge in [0.05, 0.1) is 37.8 Å². The second-order valence-corrected chi connectivity index (χ2v) is 3.04. The summed E-state index contributed by atoms with van der Waals surface area (Å²) in [6, 6.07) is 0.0792. The Morgan fingerprint density at radius 1 is 1.40 bits per heavy atom. The molecule has 0 amide bonds. The van der Waals surface area contributed by atoms with Crippen LogP contribution in [0.5, 0.6) is 0 Å². The van der Waals surface area contributed by atoms with E-state index in [0.29, 0.717) is 19.8 Å². The molecule has 0 saturated heterocycles. The molecule has 0 bridgehead atoms. The maximum atomic E-state index is 5.43. The zero-order valence-electron chi connectivity index (χ0n) is 9.14. The number of ether oxygens (including phenoxy) is 2. The molecule has 0 saturated carbocycles. The minimum atomic E-state index is 0.0792. The van der Waals surface area contributed by atoms with Gasteiger partial charge in [0, 0.05) is 19.5 Å². The van der Waals surface area contributed by atoms with Crippen molar-refractivity contribution in [1.82, 2.24) is 15.3 Å². The van der Waals surface area contributed by atoms with E-state index in [0.717, 1.165) is 5.69 Å². The van der Waals surface area contributed by atoms with Gasteiger partial charge in [0.2, 0.25) is 0 Å². The first-order chi connectivity index (χ1) is 7.38. The molecule has 0 aliphatic rings. The second-order valence-electron chi connectivity index (χ2n) is 3.04. The van der Waals surface area contributed by atoms with Gasteiger partial charge in [-0.1, -0.05) is 0 Å². The molecule has 84 valence electrons. The molecule has 15 heavy (non-hydrogen) atoms. The molecule has 0 aliphatic carbocycles. The first kappa shape index (κ1) is 12.0. The predicted molar refractivity (Wildman–Crippen MR) is 56.5 cm³/mol. The minimum absolute atomic E-state index is 0.0792. The lowest BCUT2D eigenvalue weighted by Gasteiger charge is -2.14. The summed E-state index contributed by atoms with van der Waals surface area (Å²) in [4.78, 5) is 8.23. The van der Waals surface area contributed by atoms with Crippen LogP contribution in [-0.4, -0.2) is 43.9 Å². The fourth-order valence-corrected chi connectivity index (χ4v) is 1.15. The zero-order chi connectivity index (χ0) is 10.9. The molecule has 1 rings (SSSR count). The predicted octanol–water partition coefficient (Wildman–Crippen LogP) is 0.400. The van der Waals surface area contributed by atoms with Crippen LogP contribution in [0.15, 0.2) is 18.6 Å². The van der Waals surface area contributed by atoms with Crippen molar-refractivity contribution in [3.8, 4) is 0 Å². The van der Waals surface area contributed by atoms with Gasteiger partial charge in [0.25, 0.3) is 0 Å². The van der Waals surface area contributed by atoms with Crippen molar-refractivity contribution in [2.45, 2.75) is 6.04 Å². The molecule has 5 heteroatoms. The van der Waals surface area contributed by atoms with Crippen molar-refractivity contribution in [2.24, 2.45) is 0 Å². The number of methoxy groups -OCH3 is 1. The summed E-state index contributed by atoms with van der Waals surface area (Å²) < 4.78 is 10.3. The fraction of sp³-hybridized carbons (Fsp3) is 0.600. The average Bonchev–Trinajstić information content (AvgIpc) is 2.30. The Morgan fingerprint density at radius 3 is 2.87 bits per heavy atom. The van der Waals surface area contributed by atoms with E-state index in [1.54, 1.807) is 25.7 Å². The van der Waals surface area contributed by atoms with Crippen LogP contribution in [0.1, 0.15) is 11.7 Å². The van der Waals surface area contributed by atoms with Crippen LogP contribution in [0.2, 0.25) is 0 Å². The number of nitrogens with one attached hydrogen (secondary N) is 1. The van der Waals surface area contributed by atoms with E-state index in [1.807, 2.05) is 7.05 Å². The van der Waals surface area contributed by atoms with Gasteiger partial charge in [-0.25, -0.2) is 0 Å². The summed E-state index contributed by atoms with van der Waals surface area (Å²) in [7, 11) is 3.53. The fourth-order valence-electron chi connectivity index (χ4n) is 1.15. The molecule has 1 aromatic heterocycles. The largest absolute Gasteiger partial charge is 0.382 e. The molecule has 1 unspecified atom stereocenters. The molecule has 1 aromatic rings. The topological polar surface area (TPSA) is 56.3 Å². The number of likely N-dealkylation sites (N-methyl/N-ethyl adjacent to an activating group) is 1. The van der Waals surface area contributed by atoms with E-state index in [1.165, 1.54) is 0 Å². The molecular formula is C10H17N3O2. The van der Waals surface area contributed by atoms with Crippen molar-refractivity contribution >= 4 is 0 Å². The van der Waals surface area contributed by atoms with Crippen molar-refractivity contribution in [1.29, 1.82) is 0 Å². The molecule has 0 aliphatic heterocycles. The lowest BCUT2D eigenvalue weighted by Crippen LogP contribution is -2.23. The van der Waals surface area contributed by atoms with Crippen LogP contribution >= 0.6 is 0 Å². The van der Waals surface area contributed by atoms with Crippen LogP contribution in [-0.2, 0) is 9.47 Å². The van der Waals surface area contributed by atoms with Gasteiger partial charge < -0.3 is 14.8 Å². The van der Waals surface area contributed by atoms with Crippen LogP contribution < -0.4 is 5.32 Å². The number of nitrogens with zero attached hydrogens (tertiary/aromatic N) is 2. The highest BCUT2D eigenvalue weighted by Crippen LogP contribution is 2.07. The third kappa shape index (κ3) is 4.33. The summed E-state index contributed by atoms with van der Waals surface area (Å²) in [6.45, 7) is 1.77. The Morgan fingerprint density at radius 2 is 2.27 bits per heavy atom. The summed E-state index contributed by atoms with van der Waals surface area (Å²) in [5, 5.41) is 3.13. The molecule has 0 spiro atoms. The Bertz CT molecular complexity index is 256. The van der Waals surface area contributed by atoms with E-state index < -0.39 is 0 Å². The van der Waals surface area contributed by atoms with Gasteiger partial charge in [-0.3, -0.25) is 9.97 Å². The molecule has 1 heterocycles. The van der Waals surface area contributed by atoms with Gasteiger partial charge >= 0.3 is 0 Å². The number of aromatic nitrogens is 2. The number of hydrogen-bond donors (Lipinski definition) is 1. The van der Waals surface area contributed by atoms with Crippen molar-refractivity contribution in [3.05, 3.63) is 24.3 Å². The molecule has 0 aromatic carbocycles. The van der Waals surface area contributed by atoms with E-state index in [2.05, 4.69) is 15.3 Å². The van der Waals surface area contributed by atoms with Crippen LogP contribution in [0.4, 0.5) is 0 Å². The molecule has 5 nitrogen and oxygen atoms in total. The first-order valence-electron chi connectivity index (χ1n) is 4.88. The van der Waals surface area contributed by atoms with Crippen molar-refractivity contribution in [3.63, 3.8) is 0 Å². The van der Waals surface area contributed by atoms with Crippen LogP contribution in [0.3, 0.4) is 0 Å². The second kappa shape index (κ2) is 7.28. The quantitative estimate of drug-likeness (QED) is 0.662. The van der Waals surface area contributed by atoms with Crippen molar-refractivity contribution < 1.29 is 9.47 Å². The lowest BCUT2D eigenvalue weighted by molar-refractivity contribution is 0.0590. The monoisotopic (exact) mass is 211 g/mol. The van der Waals surface area contributed by atoms with Gasteiger partial charge in [-0.15, -0.1) is 0 Å². The maximum Gasteiger partial charge on any atom is 0.0779 e. The van der Waals surface area contributed by atoms with Crippen LogP contribution in [0, 0.1) is 0 Å². The first-order valence-corrected chi connectivity index (χ1v) is 4.88. The Balaban J connectivity index is 2.36. The summed E-state index contributed by atoms with van der Waals surface area (Å²) in [5.41, 5.74) is 0.886. The zero-order valence-corrected chi connectivity index (χ0v) is 9.14. The van der Waals surface area contributed by atoms with Gasteiger partial charge in [0.1, 0.15) is 0 Å². The van der Waals surface area contributed by atoms with Crippen LogP contribution in [0.25, 0.3) is 0 Å². The summed E-state index contributed by atoms with van der Waals surface area (Å²) in [6.07, 6.45) is 5.07. The third-order valence-corrected chi connectivity index (χ3v) is 2.00. The highest BCUT2D eigenvalue weighted by molar-refractivity contribution is 5.01. The molecule has 0 radical (unpaired) electrons. The summed E-state index contributed by atoms with van der Waals surface area (Å²) in [5.74, 6) is 0. The minimum Gasteiger partial charge on any atom is -0.382 e. The Kier molecular flexibility index (Phi) is 5.84.